The molecule has 0 bridgehead atoms. The molecule has 1 amide bonds. The van der Waals surface area contributed by atoms with E-state index < -0.39 is 0 Å². The van der Waals surface area contributed by atoms with Crippen molar-refractivity contribution < 1.29 is 9.53 Å². The molecule has 3 N–H and O–H groups in total. The highest BCUT2D eigenvalue weighted by Gasteiger charge is 2.13. The first-order chi connectivity index (χ1) is 7.18. The van der Waals surface area contributed by atoms with Crippen molar-refractivity contribution >= 4 is 5.91 Å². The summed E-state index contributed by atoms with van der Waals surface area (Å²) in [4.78, 5) is 12.9. The van der Waals surface area contributed by atoms with Gasteiger partial charge < -0.3 is 15.8 Å². The summed E-state index contributed by atoms with van der Waals surface area (Å²) in [6.07, 6.45) is 0.410. The molecular formula is C10H21N3O2. The molecule has 1 unspecified atom stereocenters. The standard InChI is InChI=1S/C10H21N3O2/c1-9(12-3-2-10(11)14)8-13-4-6-15-7-5-13/h9,12H,2-8H2,1H3,(H2,11,14). The molecule has 0 aromatic carbocycles. The Labute approximate surface area is 90.9 Å². The number of hydrogen-bond donors (Lipinski definition) is 2. The van der Waals surface area contributed by atoms with Gasteiger partial charge in [-0.15, -0.1) is 0 Å². The molecule has 5 heteroatoms. The van der Waals surface area contributed by atoms with Gasteiger partial charge in [-0.2, -0.15) is 0 Å². The minimum absolute atomic E-state index is 0.249. The van der Waals surface area contributed by atoms with Crippen molar-refractivity contribution in [2.75, 3.05) is 39.4 Å². The third kappa shape index (κ3) is 5.71. The molecule has 1 fully saturated rings. The van der Waals surface area contributed by atoms with Crippen LogP contribution in [0.4, 0.5) is 0 Å². The third-order valence-corrected chi connectivity index (χ3v) is 2.50. The summed E-state index contributed by atoms with van der Waals surface area (Å²) in [6, 6.07) is 0.391. The van der Waals surface area contributed by atoms with Crippen molar-refractivity contribution in [1.29, 1.82) is 0 Å². The van der Waals surface area contributed by atoms with Crippen molar-refractivity contribution in [2.24, 2.45) is 5.73 Å². The molecule has 0 aromatic heterocycles. The molecule has 1 rings (SSSR count). The molecule has 1 saturated heterocycles. The maximum Gasteiger partial charge on any atom is 0.218 e. The van der Waals surface area contributed by atoms with Gasteiger partial charge in [0, 0.05) is 38.6 Å². The van der Waals surface area contributed by atoms with Crippen LogP contribution in [0.5, 0.6) is 0 Å². The Kier molecular flexibility index (Phi) is 5.60. The zero-order valence-corrected chi connectivity index (χ0v) is 9.37. The van der Waals surface area contributed by atoms with Crippen molar-refractivity contribution in [3.05, 3.63) is 0 Å². The van der Waals surface area contributed by atoms with E-state index in [4.69, 9.17) is 10.5 Å². The Morgan fingerprint density at radius 2 is 2.20 bits per heavy atom. The molecule has 15 heavy (non-hydrogen) atoms. The van der Waals surface area contributed by atoms with Gasteiger partial charge in [-0.1, -0.05) is 0 Å². The summed E-state index contributed by atoms with van der Waals surface area (Å²) in [5, 5.41) is 3.28. The summed E-state index contributed by atoms with van der Waals surface area (Å²) in [7, 11) is 0. The number of primary amides is 1. The number of nitrogens with two attached hydrogens (primary N) is 1. The number of ether oxygens (including phenoxy) is 1. The fraction of sp³-hybridized carbons (Fsp3) is 0.900. The molecule has 0 saturated carbocycles. The molecule has 1 aliphatic heterocycles. The topological polar surface area (TPSA) is 67.6 Å². The van der Waals surface area contributed by atoms with Crippen LogP contribution in [0.2, 0.25) is 0 Å². The Hall–Kier alpha value is -0.650. The van der Waals surface area contributed by atoms with E-state index in [0.29, 0.717) is 19.0 Å². The quantitative estimate of drug-likeness (QED) is 0.607. The second-order valence-electron chi connectivity index (χ2n) is 3.98. The SMILES string of the molecule is CC(CN1CCOCC1)NCCC(N)=O. The zero-order chi connectivity index (χ0) is 11.1. The van der Waals surface area contributed by atoms with Gasteiger partial charge in [0.1, 0.15) is 0 Å². The van der Waals surface area contributed by atoms with E-state index >= 15 is 0 Å². The minimum atomic E-state index is -0.249. The maximum absolute atomic E-state index is 10.5. The monoisotopic (exact) mass is 215 g/mol. The fourth-order valence-corrected chi connectivity index (χ4v) is 1.68. The summed E-state index contributed by atoms with van der Waals surface area (Å²) < 4.78 is 5.27. The van der Waals surface area contributed by atoms with Gasteiger partial charge >= 0.3 is 0 Å². The van der Waals surface area contributed by atoms with E-state index in [2.05, 4.69) is 17.1 Å². The van der Waals surface area contributed by atoms with Crippen LogP contribution < -0.4 is 11.1 Å². The second-order valence-corrected chi connectivity index (χ2v) is 3.98. The first-order valence-corrected chi connectivity index (χ1v) is 5.50. The fourth-order valence-electron chi connectivity index (χ4n) is 1.68. The molecule has 0 aliphatic carbocycles. The Morgan fingerprint density at radius 1 is 1.53 bits per heavy atom. The van der Waals surface area contributed by atoms with E-state index in [9.17, 15) is 4.79 Å². The summed E-state index contributed by atoms with van der Waals surface area (Å²) >= 11 is 0. The highest BCUT2D eigenvalue weighted by atomic mass is 16.5. The van der Waals surface area contributed by atoms with Crippen molar-refractivity contribution in [3.8, 4) is 0 Å². The first kappa shape index (κ1) is 12.4. The number of rotatable bonds is 6. The van der Waals surface area contributed by atoms with Gasteiger partial charge in [0.2, 0.25) is 5.91 Å². The van der Waals surface area contributed by atoms with Crippen molar-refractivity contribution in [2.45, 2.75) is 19.4 Å². The van der Waals surface area contributed by atoms with Crippen LogP contribution in [0.1, 0.15) is 13.3 Å². The number of nitrogens with one attached hydrogen (secondary N) is 1. The lowest BCUT2D eigenvalue weighted by molar-refractivity contribution is -0.117. The number of nitrogens with zero attached hydrogens (tertiary/aromatic N) is 1. The van der Waals surface area contributed by atoms with Crippen molar-refractivity contribution in [3.63, 3.8) is 0 Å². The molecule has 0 radical (unpaired) electrons. The van der Waals surface area contributed by atoms with Gasteiger partial charge in [0.15, 0.2) is 0 Å². The summed E-state index contributed by atoms with van der Waals surface area (Å²) in [5.74, 6) is -0.249. The molecule has 1 heterocycles. The summed E-state index contributed by atoms with van der Waals surface area (Å²) in [6.45, 7) is 7.45. The lowest BCUT2D eigenvalue weighted by Crippen LogP contribution is -2.44. The Morgan fingerprint density at radius 3 is 2.80 bits per heavy atom. The Balaban J connectivity index is 2.06. The van der Waals surface area contributed by atoms with Gasteiger partial charge in [-0.25, -0.2) is 0 Å². The van der Waals surface area contributed by atoms with Crippen LogP contribution in [0.25, 0.3) is 0 Å². The molecule has 0 spiro atoms. The molecule has 1 aliphatic rings. The van der Waals surface area contributed by atoms with Gasteiger partial charge in [0.25, 0.3) is 0 Å². The number of carbonyl (C=O) groups is 1. The molecular weight excluding hydrogens is 194 g/mol. The number of hydrogen-bond acceptors (Lipinski definition) is 4. The van der Waals surface area contributed by atoms with Crippen LogP contribution in [0, 0.1) is 0 Å². The second kappa shape index (κ2) is 6.76. The van der Waals surface area contributed by atoms with Crippen LogP contribution in [-0.2, 0) is 9.53 Å². The highest BCUT2D eigenvalue weighted by molar-refractivity contribution is 5.73. The lowest BCUT2D eigenvalue weighted by atomic mass is 10.2. The number of carbonyl (C=O) groups excluding carboxylic acids is 1. The van der Waals surface area contributed by atoms with E-state index in [0.717, 1.165) is 32.8 Å². The van der Waals surface area contributed by atoms with Crippen molar-refractivity contribution in [1.82, 2.24) is 10.2 Å². The number of morpholine rings is 1. The van der Waals surface area contributed by atoms with Gasteiger partial charge in [-0.05, 0) is 6.92 Å². The van der Waals surface area contributed by atoms with E-state index in [1.54, 1.807) is 0 Å². The van der Waals surface area contributed by atoms with Gasteiger partial charge in [0.05, 0.1) is 13.2 Å². The predicted molar refractivity (Wildman–Crippen MR) is 58.5 cm³/mol. The molecule has 88 valence electrons. The normalized spacial score (nSPS) is 20.1. The molecule has 1 atom stereocenters. The molecule has 0 aromatic rings. The van der Waals surface area contributed by atoms with Crippen LogP contribution in [0.15, 0.2) is 0 Å². The van der Waals surface area contributed by atoms with E-state index in [1.807, 2.05) is 0 Å². The largest absolute Gasteiger partial charge is 0.379 e. The third-order valence-electron chi connectivity index (χ3n) is 2.50. The maximum atomic E-state index is 10.5. The predicted octanol–water partition coefficient (Wildman–Crippen LogP) is -0.828. The van der Waals surface area contributed by atoms with Crippen LogP contribution in [-0.4, -0.2) is 56.2 Å². The average molecular weight is 215 g/mol. The van der Waals surface area contributed by atoms with Crippen LogP contribution >= 0.6 is 0 Å². The number of amides is 1. The highest BCUT2D eigenvalue weighted by Crippen LogP contribution is 1.98. The Bertz CT molecular complexity index is 193. The van der Waals surface area contributed by atoms with Crippen LogP contribution in [0.3, 0.4) is 0 Å². The zero-order valence-electron chi connectivity index (χ0n) is 9.37. The van der Waals surface area contributed by atoms with Gasteiger partial charge in [-0.3, -0.25) is 9.69 Å². The smallest absolute Gasteiger partial charge is 0.218 e. The summed E-state index contributed by atoms with van der Waals surface area (Å²) in [5.41, 5.74) is 5.06. The average Bonchev–Trinajstić information content (AvgIpc) is 2.18. The van der Waals surface area contributed by atoms with E-state index in [1.165, 1.54) is 0 Å². The first-order valence-electron chi connectivity index (χ1n) is 5.50. The minimum Gasteiger partial charge on any atom is -0.379 e. The van der Waals surface area contributed by atoms with E-state index in [-0.39, 0.29) is 5.91 Å². The molecule has 5 nitrogen and oxygen atoms in total. The lowest BCUT2D eigenvalue weighted by Gasteiger charge is -2.29.